The quantitative estimate of drug-likeness (QED) is 0.601. The van der Waals surface area contributed by atoms with Crippen molar-refractivity contribution in [3.63, 3.8) is 0 Å². The molecule has 0 saturated carbocycles. The number of primary amides is 1. The fourth-order valence-corrected chi connectivity index (χ4v) is 5.13. The van der Waals surface area contributed by atoms with E-state index in [-0.39, 0.29) is 5.91 Å². The van der Waals surface area contributed by atoms with Crippen LogP contribution in [0, 0.1) is 5.92 Å². The Labute approximate surface area is 179 Å². The topological polar surface area (TPSA) is 81.4 Å². The number of nitrogens with two attached hydrogens (primary N) is 1. The summed E-state index contributed by atoms with van der Waals surface area (Å²) in [6.07, 6.45) is 2.78. The number of hydrogen-bond acceptors (Lipinski definition) is 4. The van der Waals surface area contributed by atoms with Gasteiger partial charge in [0.15, 0.2) is 0 Å². The van der Waals surface area contributed by atoms with Gasteiger partial charge in [-0.3, -0.25) is 9.59 Å². The molecule has 1 aliphatic carbocycles. The standard InChI is InChI=1S/C24H24N2O3S/c1-15-7-12-19-20(13-15)30-24(21(19)22(25)27)26-23(28)17-8-10-18(11-9-17)29-14-16-5-3-2-4-6-16/h2-6,8-11,15H,7,12-14H2,1H3,(H2,25,27)(H,26,28). The minimum Gasteiger partial charge on any atom is -0.489 e. The van der Waals surface area contributed by atoms with Crippen molar-refractivity contribution >= 4 is 28.2 Å². The Bertz CT molecular complexity index is 1060. The van der Waals surface area contributed by atoms with Gasteiger partial charge in [0.1, 0.15) is 17.4 Å². The molecule has 0 spiro atoms. The van der Waals surface area contributed by atoms with E-state index in [9.17, 15) is 9.59 Å². The van der Waals surface area contributed by atoms with Crippen LogP contribution in [0.4, 0.5) is 5.00 Å². The second kappa shape index (κ2) is 8.71. The summed E-state index contributed by atoms with van der Waals surface area (Å²) in [6.45, 7) is 2.67. The van der Waals surface area contributed by atoms with E-state index >= 15 is 0 Å². The highest BCUT2D eigenvalue weighted by Crippen LogP contribution is 2.39. The minimum absolute atomic E-state index is 0.265. The molecule has 0 aliphatic heterocycles. The predicted molar refractivity (Wildman–Crippen MR) is 119 cm³/mol. The number of anilines is 1. The summed E-state index contributed by atoms with van der Waals surface area (Å²) < 4.78 is 5.77. The molecule has 1 aromatic heterocycles. The summed E-state index contributed by atoms with van der Waals surface area (Å²) in [4.78, 5) is 26.0. The highest BCUT2D eigenvalue weighted by molar-refractivity contribution is 7.17. The van der Waals surface area contributed by atoms with Crippen LogP contribution in [0.25, 0.3) is 0 Å². The number of carbonyl (C=O) groups excluding carboxylic acids is 2. The van der Waals surface area contributed by atoms with E-state index in [4.69, 9.17) is 10.5 Å². The van der Waals surface area contributed by atoms with Gasteiger partial charge in [0.2, 0.25) is 0 Å². The maximum Gasteiger partial charge on any atom is 0.256 e. The summed E-state index contributed by atoms with van der Waals surface area (Å²) in [7, 11) is 0. The third-order valence-electron chi connectivity index (χ3n) is 5.35. The Morgan fingerprint density at radius 3 is 2.57 bits per heavy atom. The zero-order chi connectivity index (χ0) is 21.1. The van der Waals surface area contributed by atoms with Crippen molar-refractivity contribution in [2.24, 2.45) is 11.7 Å². The van der Waals surface area contributed by atoms with Gasteiger partial charge in [-0.15, -0.1) is 11.3 Å². The smallest absolute Gasteiger partial charge is 0.256 e. The number of nitrogens with one attached hydrogen (secondary N) is 1. The van der Waals surface area contributed by atoms with Crippen LogP contribution in [0.15, 0.2) is 54.6 Å². The first-order chi connectivity index (χ1) is 14.5. The lowest BCUT2D eigenvalue weighted by atomic mass is 9.88. The lowest BCUT2D eigenvalue weighted by molar-refractivity contribution is 0.1000. The van der Waals surface area contributed by atoms with Crippen LogP contribution in [-0.2, 0) is 19.4 Å². The van der Waals surface area contributed by atoms with Crippen LogP contribution in [0.3, 0.4) is 0 Å². The van der Waals surface area contributed by atoms with E-state index < -0.39 is 5.91 Å². The van der Waals surface area contributed by atoms with E-state index in [1.54, 1.807) is 24.3 Å². The molecule has 4 rings (SSSR count). The third kappa shape index (κ3) is 4.39. The van der Waals surface area contributed by atoms with Crippen LogP contribution in [-0.4, -0.2) is 11.8 Å². The Morgan fingerprint density at radius 2 is 1.87 bits per heavy atom. The normalized spacial score (nSPS) is 15.3. The third-order valence-corrected chi connectivity index (χ3v) is 6.52. The van der Waals surface area contributed by atoms with Gasteiger partial charge in [0, 0.05) is 10.4 Å². The molecule has 0 radical (unpaired) electrons. The van der Waals surface area contributed by atoms with Gasteiger partial charge < -0.3 is 15.8 Å². The lowest BCUT2D eigenvalue weighted by Gasteiger charge is -2.18. The maximum absolute atomic E-state index is 12.8. The highest BCUT2D eigenvalue weighted by atomic mass is 32.1. The van der Waals surface area contributed by atoms with Gasteiger partial charge in [-0.05, 0) is 60.6 Å². The number of thiophene rings is 1. The Balaban J connectivity index is 1.46. The van der Waals surface area contributed by atoms with Crippen LogP contribution in [0.2, 0.25) is 0 Å². The second-order valence-corrected chi connectivity index (χ2v) is 8.78. The van der Waals surface area contributed by atoms with Crippen molar-refractivity contribution in [3.8, 4) is 5.75 Å². The molecule has 1 atom stereocenters. The van der Waals surface area contributed by atoms with Crippen molar-refractivity contribution in [2.45, 2.75) is 32.8 Å². The molecule has 0 saturated heterocycles. The predicted octanol–water partition coefficient (Wildman–Crippen LogP) is 4.80. The molecule has 1 aliphatic rings. The van der Waals surface area contributed by atoms with Gasteiger partial charge in [-0.1, -0.05) is 37.3 Å². The molecule has 2 amide bonds. The van der Waals surface area contributed by atoms with Crippen molar-refractivity contribution < 1.29 is 14.3 Å². The molecule has 30 heavy (non-hydrogen) atoms. The average molecular weight is 421 g/mol. The molecule has 1 unspecified atom stereocenters. The Hall–Kier alpha value is -3.12. The van der Waals surface area contributed by atoms with Gasteiger partial charge in [-0.2, -0.15) is 0 Å². The van der Waals surface area contributed by atoms with Gasteiger partial charge in [0.05, 0.1) is 5.56 Å². The second-order valence-electron chi connectivity index (χ2n) is 7.67. The van der Waals surface area contributed by atoms with E-state index in [0.29, 0.717) is 34.4 Å². The number of hydrogen-bond donors (Lipinski definition) is 2. The summed E-state index contributed by atoms with van der Waals surface area (Å²) in [6, 6.07) is 16.9. The molecule has 3 N–H and O–H groups in total. The first kappa shape index (κ1) is 20.2. The van der Waals surface area contributed by atoms with Crippen LogP contribution < -0.4 is 15.8 Å². The molecule has 1 heterocycles. The zero-order valence-electron chi connectivity index (χ0n) is 16.8. The van der Waals surface area contributed by atoms with E-state index in [2.05, 4.69) is 12.2 Å². The van der Waals surface area contributed by atoms with Crippen molar-refractivity contribution in [2.75, 3.05) is 5.32 Å². The number of benzene rings is 2. The Kier molecular flexibility index (Phi) is 5.86. The molecule has 5 nitrogen and oxygen atoms in total. The van der Waals surface area contributed by atoms with Gasteiger partial charge in [-0.25, -0.2) is 0 Å². The van der Waals surface area contributed by atoms with Gasteiger partial charge >= 0.3 is 0 Å². The molecular weight excluding hydrogens is 396 g/mol. The number of amides is 2. The molecule has 0 fully saturated rings. The van der Waals surface area contributed by atoms with Crippen molar-refractivity contribution in [1.29, 1.82) is 0 Å². The molecule has 3 aromatic rings. The maximum atomic E-state index is 12.8. The van der Waals surface area contributed by atoms with Crippen molar-refractivity contribution in [3.05, 3.63) is 81.7 Å². The zero-order valence-corrected chi connectivity index (χ0v) is 17.6. The number of fused-ring (bicyclic) bond motifs is 1. The fraction of sp³-hybridized carbons (Fsp3) is 0.250. The molecule has 2 aromatic carbocycles. The summed E-state index contributed by atoms with van der Waals surface area (Å²) >= 11 is 1.47. The molecule has 154 valence electrons. The molecule has 0 bridgehead atoms. The number of ether oxygens (including phenoxy) is 1. The first-order valence-electron chi connectivity index (χ1n) is 10.0. The largest absolute Gasteiger partial charge is 0.489 e. The monoisotopic (exact) mass is 420 g/mol. The molecular formula is C24H24N2O3S. The average Bonchev–Trinajstić information content (AvgIpc) is 3.10. The van der Waals surface area contributed by atoms with Crippen LogP contribution in [0.1, 0.15) is 50.1 Å². The molecule has 6 heteroatoms. The number of carbonyl (C=O) groups is 2. The minimum atomic E-state index is -0.484. The lowest BCUT2D eigenvalue weighted by Crippen LogP contribution is -2.19. The van der Waals surface area contributed by atoms with E-state index in [1.165, 1.54) is 11.3 Å². The van der Waals surface area contributed by atoms with Crippen molar-refractivity contribution in [1.82, 2.24) is 0 Å². The highest BCUT2D eigenvalue weighted by Gasteiger charge is 2.27. The van der Waals surface area contributed by atoms with Crippen LogP contribution in [0.5, 0.6) is 5.75 Å². The summed E-state index contributed by atoms with van der Waals surface area (Å²) in [5, 5.41) is 3.45. The SMILES string of the molecule is CC1CCc2c(sc(NC(=O)c3ccc(OCc4ccccc4)cc3)c2C(N)=O)C1. The number of rotatable bonds is 6. The summed E-state index contributed by atoms with van der Waals surface area (Å²) in [5.74, 6) is 0.512. The van der Waals surface area contributed by atoms with Gasteiger partial charge in [0.25, 0.3) is 11.8 Å². The fourth-order valence-electron chi connectivity index (χ4n) is 3.72. The Morgan fingerprint density at radius 1 is 1.13 bits per heavy atom. The summed E-state index contributed by atoms with van der Waals surface area (Å²) in [5.41, 5.74) is 8.68. The van der Waals surface area contributed by atoms with Crippen LogP contribution >= 0.6 is 11.3 Å². The van der Waals surface area contributed by atoms with E-state index in [1.807, 2.05) is 30.3 Å². The first-order valence-corrected chi connectivity index (χ1v) is 10.9. The van der Waals surface area contributed by atoms with E-state index in [0.717, 1.165) is 35.3 Å².